The SMILES string of the molecule is CCCCCCCCC=CCCCCCCCC(=O)NCCN(CC)CCO. The number of unbranched alkanes of at least 4 members (excludes halogenated alkanes) is 11. The average molecular weight is 397 g/mol. The first-order chi connectivity index (χ1) is 13.7. The Morgan fingerprint density at radius 1 is 0.821 bits per heavy atom. The number of amides is 1. The van der Waals surface area contributed by atoms with Crippen molar-refractivity contribution < 1.29 is 9.90 Å². The maximum absolute atomic E-state index is 11.8. The number of carbonyl (C=O) groups is 1. The zero-order chi connectivity index (χ0) is 20.7. The van der Waals surface area contributed by atoms with Gasteiger partial charge in [-0.2, -0.15) is 0 Å². The molecule has 0 bridgehead atoms. The second-order valence-electron chi connectivity index (χ2n) is 7.84. The van der Waals surface area contributed by atoms with E-state index in [1.807, 2.05) is 0 Å². The molecule has 166 valence electrons. The summed E-state index contributed by atoms with van der Waals surface area (Å²) in [7, 11) is 0. The highest BCUT2D eigenvalue weighted by molar-refractivity contribution is 5.75. The fourth-order valence-electron chi connectivity index (χ4n) is 3.37. The lowest BCUT2D eigenvalue weighted by Gasteiger charge is -2.19. The van der Waals surface area contributed by atoms with E-state index in [0.717, 1.165) is 25.9 Å². The highest BCUT2D eigenvalue weighted by Gasteiger charge is 2.03. The van der Waals surface area contributed by atoms with Crippen LogP contribution in [0.15, 0.2) is 12.2 Å². The second kappa shape index (κ2) is 22.4. The van der Waals surface area contributed by atoms with E-state index in [9.17, 15) is 4.79 Å². The third kappa shape index (κ3) is 19.9. The van der Waals surface area contributed by atoms with Crippen LogP contribution in [-0.4, -0.2) is 48.7 Å². The van der Waals surface area contributed by atoms with Gasteiger partial charge in [0.2, 0.25) is 5.91 Å². The van der Waals surface area contributed by atoms with Crippen LogP contribution in [0, 0.1) is 0 Å². The molecule has 0 unspecified atom stereocenters. The van der Waals surface area contributed by atoms with E-state index in [2.05, 4.69) is 36.2 Å². The molecule has 4 heteroatoms. The van der Waals surface area contributed by atoms with Crippen molar-refractivity contribution in [1.82, 2.24) is 10.2 Å². The smallest absolute Gasteiger partial charge is 0.220 e. The molecule has 0 saturated heterocycles. The van der Waals surface area contributed by atoms with Gasteiger partial charge in [-0.05, 0) is 38.6 Å². The van der Waals surface area contributed by atoms with Crippen molar-refractivity contribution >= 4 is 5.91 Å². The van der Waals surface area contributed by atoms with Gasteiger partial charge in [-0.3, -0.25) is 9.69 Å². The maximum Gasteiger partial charge on any atom is 0.220 e. The molecule has 0 aliphatic carbocycles. The minimum absolute atomic E-state index is 0.165. The number of nitrogens with one attached hydrogen (secondary N) is 1. The molecule has 0 rings (SSSR count). The van der Waals surface area contributed by atoms with Gasteiger partial charge in [-0.25, -0.2) is 0 Å². The van der Waals surface area contributed by atoms with E-state index in [1.165, 1.54) is 70.6 Å². The number of allylic oxidation sites excluding steroid dienone is 2. The number of likely N-dealkylation sites (N-methyl/N-ethyl adjacent to an activating group) is 1. The van der Waals surface area contributed by atoms with Gasteiger partial charge in [0.15, 0.2) is 0 Å². The van der Waals surface area contributed by atoms with E-state index in [-0.39, 0.29) is 12.5 Å². The fraction of sp³-hybridized carbons (Fsp3) is 0.875. The van der Waals surface area contributed by atoms with Crippen LogP contribution in [0.1, 0.15) is 104 Å². The quantitative estimate of drug-likeness (QED) is 0.200. The molecule has 0 aromatic heterocycles. The van der Waals surface area contributed by atoms with Crippen LogP contribution in [0.3, 0.4) is 0 Å². The van der Waals surface area contributed by atoms with E-state index in [4.69, 9.17) is 5.11 Å². The number of aliphatic hydroxyl groups is 1. The van der Waals surface area contributed by atoms with Gasteiger partial charge in [0.1, 0.15) is 0 Å². The largest absolute Gasteiger partial charge is 0.395 e. The monoisotopic (exact) mass is 396 g/mol. The first kappa shape index (κ1) is 27.1. The summed E-state index contributed by atoms with van der Waals surface area (Å²) in [6.07, 6.45) is 22.0. The predicted octanol–water partition coefficient (Wildman–Crippen LogP) is 5.45. The number of aliphatic hydroxyl groups excluding tert-OH is 1. The molecule has 0 aliphatic rings. The molecule has 0 aliphatic heterocycles. The zero-order valence-corrected chi connectivity index (χ0v) is 18.9. The predicted molar refractivity (Wildman–Crippen MR) is 122 cm³/mol. The van der Waals surface area contributed by atoms with Crippen molar-refractivity contribution in [3.63, 3.8) is 0 Å². The van der Waals surface area contributed by atoms with Gasteiger partial charge in [0.25, 0.3) is 0 Å². The summed E-state index contributed by atoms with van der Waals surface area (Å²) in [5, 5.41) is 11.9. The normalized spacial score (nSPS) is 11.6. The molecule has 0 heterocycles. The minimum atomic E-state index is 0.165. The van der Waals surface area contributed by atoms with Gasteiger partial charge in [0, 0.05) is 26.1 Å². The number of hydrogen-bond acceptors (Lipinski definition) is 3. The number of carbonyl (C=O) groups excluding carboxylic acids is 1. The molecule has 0 radical (unpaired) electrons. The fourth-order valence-corrected chi connectivity index (χ4v) is 3.37. The molecule has 0 aromatic rings. The summed E-state index contributed by atoms with van der Waals surface area (Å²) < 4.78 is 0. The Morgan fingerprint density at radius 3 is 1.96 bits per heavy atom. The van der Waals surface area contributed by atoms with E-state index >= 15 is 0 Å². The van der Waals surface area contributed by atoms with Crippen molar-refractivity contribution in [2.45, 2.75) is 104 Å². The van der Waals surface area contributed by atoms with Crippen LogP contribution in [-0.2, 0) is 4.79 Å². The summed E-state index contributed by atoms with van der Waals surface area (Å²) in [6.45, 7) is 7.60. The van der Waals surface area contributed by atoms with Crippen molar-refractivity contribution in [2.75, 3.05) is 32.8 Å². The van der Waals surface area contributed by atoms with Crippen LogP contribution < -0.4 is 5.32 Å². The zero-order valence-electron chi connectivity index (χ0n) is 18.9. The Bertz CT molecular complexity index is 359. The molecule has 0 aromatic carbocycles. The van der Waals surface area contributed by atoms with E-state index in [1.54, 1.807) is 0 Å². The van der Waals surface area contributed by atoms with Crippen molar-refractivity contribution in [3.05, 3.63) is 12.2 Å². The standard InChI is InChI=1S/C24H48N2O2/c1-3-5-6-7-8-9-10-11-12-13-14-15-16-17-18-19-24(28)25-20-21-26(4-2)22-23-27/h11-12,27H,3-10,13-23H2,1-2H3,(H,25,28). The first-order valence-electron chi connectivity index (χ1n) is 12.0. The minimum Gasteiger partial charge on any atom is -0.395 e. The molecular formula is C24H48N2O2. The van der Waals surface area contributed by atoms with Crippen LogP contribution in [0.25, 0.3) is 0 Å². The lowest BCUT2D eigenvalue weighted by atomic mass is 10.1. The van der Waals surface area contributed by atoms with Gasteiger partial charge >= 0.3 is 0 Å². The first-order valence-corrected chi connectivity index (χ1v) is 12.0. The number of nitrogens with zero attached hydrogens (tertiary/aromatic N) is 1. The summed E-state index contributed by atoms with van der Waals surface area (Å²) >= 11 is 0. The van der Waals surface area contributed by atoms with E-state index < -0.39 is 0 Å². The lowest BCUT2D eigenvalue weighted by Crippen LogP contribution is -2.36. The molecule has 2 N–H and O–H groups in total. The third-order valence-corrected chi connectivity index (χ3v) is 5.28. The molecule has 4 nitrogen and oxygen atoms in total. The van der Waals surface area contributed by atoms with Crippen molar-refractivity contribution in [1.29, 1.82) is 0 Å². The second-order valence-corrected chi connectivity index (χ2v) is 7.84. The van der Waals surface area contributed by atoms with Crippen LogP contribution in [0.2, 0.25) is 0 Å². The van der Waals surface area contributed by atoms with Gasteiger partial charge < -0.3 is 10.4 Å². The highest BCUT2D eigenvalue weighted by Crippen LogP contribution is 2.09. The lowest BCUT2D eigenvalue weighted by molar-refractivity contribution is -0.121. The number of rotatable bonds is 21. The molecule has 1 amide bonds. The van der Waals surface area contributed by atoms with Gasteiger partial charge in [0.05, 0.1) is 6.61 Å². The van der Waals surface area contributed by atoms with Crippen molar-refractivity contribution in [3.8, 4) is 0 Å². The summed E-state index contributed by atoms with van der Waals surface area (Å²) in [5.74, 6) is 0.165. The molecular weight excluding hydrogens is 348 g/mol. The average Bonchev–Trinajstić information content (AvgIpc) is 2.70. The summed E-state index contributed by atoms with van der Waals surface area (Å²) in [4.78, 5) is 14.0. The Morgan fingerprint density at radius 2 is 1.39 bits per heavy atom. The van der Waals surface area contributed by atoms with Crippen LogP contribution in [0.5, 0.6) is 0 Å². The van der Waals surface area contributed by atoms with Gasteiger partial charge in [-0.1, -0.05) is 77.4 Å². The maximum atomic E-state index is 11.8. The highest BCUT2D eigenvalue weighted by atomic mass is 16.3. The Balaban J connectivity index is 3.31. The topological polar surface area (TPSA) is 52.6 Å². The molecule has 0 fully saturated rings. The van der Waals surface area contributed by atoms with Crippen LogP contribution in [0.4, 0.5) is 0 Å². The Hall–Kier alpha value is -0.870. The molecule has 0 spiro atoms. The molecule has 0 atom stereocenters. The Kier molecular flexibility index (Phi) is 21.7. The molecule has 0 saturated carbocycles. The van der Waals surface area contributed by atoms with E-state index in [0.29, 0.717) is 19.5 Å². The Labute approximate surface area is 175 Å². The van der Waals surface area contributed by atoms with Crippen molar-refractivity contribution in [2.24, 2.45) is 0 Å². The summed E-state index contributed by atoms with van der Waals surface area (Å²) in [6, 6.07) is 0. The number of hydrogen-bond donors (Lipinski definition) is 2. The van der Waals surface area contributed by atoms with Gasteiger partial charge in [-0.15, -0.1) is 0 Å². The molecule has 28 heavy (non-hydrogen) atoms. The summed E-state index contributed by atoms with van der Waals surface area (Å²) in [5.41, 5.74) is 0. The van der Waals surface area contributed by atoms with Crippen LogP contribution >= 0.6 is 0 Å². The third-order valence-electron chi connectivity index (χ3n) is 5.28.